The number of aryl methyl sites for hydroxylation is 1. The van der Waals surface area contributed by atoms with Gasteiger partial charge >= 0.3 is 0 Å². The molecule has 1 aliphatic carbocycles. The molecule has 21 heavy (non-hydrogen) atoms. The summed E-state index contributed by atoms with van der Waals surface area (Å²) >= 11 is 0. The van der Waals surface area contributed by atoms with Crippen molar-refractivity contribution in [2.75, 3.05) is 26.9 Å². The number of benzene rings is 1. The van der Waals surface area contributed by atoms with Gasteiger partial charge in [-0.15, -0.1) is 0 Å². The van der Waals surface area contributed by atoms with E-state index >= 15 is 0 Å². The maximum Gasteiger partial charge on any atom is 0.106 e. The van der Waals surface area contributed by atoms with Gasteiger partial charge in [-0.25, -0.2) is 0 Å². The first-order valence-corrected chi connectivity index (χ1v) is 8.00. The van der Waals surface area contributed by atoms with Crippen LogP contribution in [0.25, 0.3) is 0 Å². The smallest absolute Gasteiger partial charge is 0.106 e. The molecule has 1 aliphatic heterocycles. The molecule has 0 radical (unpaired) electrons. The largest absolute Gasteiger partial charge is 0.378 e. The Labute approximate surface area is 128 Å². The highest BCUT2D eigenvalue weighted by Crippen LogP contribution is 2.43. The zero-order valence-corrected chi connectivity index (χ0v) is 13.4. The summed E-state index contributed by atoms with van der Waals surface area (Å²) in [6.07, 6.45) is 3.38. The lowest BCUT2D eigenvalue weighted by atomic mass is 9.70. The molecule has 0 amide bonds. The van der Waals surface area contributed by atoms with Crippen LogP contribution < -0.4 is 5.32 Å². The number of nitrogens with one attached hydrogen (secondary N) is 1. The minimum absolute atomic E-state index is 0.150. The molecule has 3 rings (SSSR count). The molecular formula is C18H27NO2. The molecule has 116 valence electrons. The number of hydrogen-bond acceptors (Lipinski definition) is 3. The summed E-state index contributed by atoms with van der Waals surface area (Å²) in [6.45, 7) is 7.09. The summed E-state index contributed by atoms with van der Waals surface area (Å²) in [7, 11) is 1.80. The second kappa shape index (κ2) is 5.71. The topological polar surface area (TPSA) is 30.5 Å². The summed E-state index contributed by atoms with van der Waals surface area (Å²) in [4.78, 5) is 0. The quantitative estimate of drug-likeness (QED) is 0.924. The van der Waals surface area contributed by atoms with Crippen LogP contribution in [-0.2, 0) is 15.9 Å². The molecule has 1 fully saturated rings. The SMILES string of the molecule is COC1(CNC2c3ccccc3CCC2(C)C)CCOC1. The van der Waals surface area contributed by atoms with Gasteiger partial charge in [-0.1, -0.05) is 38.1 Å². The third-order valence-electron chi connectivity index (χ3n) is 5.31. The summed E-state index contributed by atoms with van der Waals surface area (Å²) in [5.74, 6) is 0. The minimum Gasteiger partial charge on any atom is -0.378 e. The molecule has 1 N–H and O–H groups in total. The third-order valence-corrected chi connectivity index (χ3v) is 5.31. The highest BCUT2D eigenvalue weighted by Gasteiger charge is 2.40. The van der Waals surface area contributed by atoms with Gasteiger partial charge in [0.15, 0.2) is 0 Å². The van der Waals surface area contributed by atoms with Crippen molar-refractivity contribution in [3.63, 3.8) is 0 Å². The van der Waals surface area contributed by atoms with Crippen molar-refractivity contribution >= 4 is 0 Å². The molecule has 0 spiro atoms. The lowest BCUT2D eigenvalue weighted by Gasteiger charge is -2.42. The van der Waals surface area contributed by atoms with Gasteiger partial charge in [0.05, 0.1) is 6.61 Å². The van der Waals surface area contributed by atoms with Gasteiger partial charge in [0.25, 0.3) is 0 Å². The van der Waals surface area contributed by atoms with Gasteiger partial charge in [-0.3, -0.25) is 0 Å². The number of methoxy groups -OCH3 is 1. The Bertz CT molecular complexity index is 492. The molecule has 1 saturated heterocycles. The van der Waals surface area contributed by atoms with Gasteiger partial charge in [-0.05, 0) is 29.4 Å². The first-order valence-electron chi connectivity index (χ1n) is 8.00. The lowest BCUT2D eigenvalue weighted by molar-refractivity contribution is -0.0210. The molecular weight excluding hydrogens is 262 g/mol. The maximum atomic E-state index is 5.76. The Morgan fingerprint density at radius 2 is 2.10 bits per heavy atom. The fourth-order valence-electron chi connectivity index (χ4n) is 3.70. The van der Waals surface area contributed by atoms with E-state index in [-0.39, 0.29) is 11.0 Å². The third kappa shape index (κ3) is 2.87. The molecule has 1 heterocycles. The van der Waals surface area contributed by atoms with Crippen LogP contribution >= 0.6 is 0 Å². The molecule has 3 heteroatoms. The Hall–Kier alpha value is -0.900. The van der Waals surface area contributed by atoms with E-state index in [0.29, 0.717) is 12.6 Å². The molecule has 2 aliphatic rings. The van der Waals surface area contributed by atoms with Gasteiger partial charge in [0.2, 0.25) is 0 Å². The minimum atomic E-state index is -0.150. The first kappa shape index (κ1) is 15.0. The Morgan fingerprint density at radius 1 is 1.29 bits per heavy atom. The van der Waals surface area contributed by atoms with E-state index < -0.39 is 0 Å². The fraction of sp³-hybridized carbons (Fsp3) is 0.667. The number of rotatable bonds is 4. The number of hydrogen-bond donors (Lipinski definition) is 1. The molecule has 3 nitrogen and oxygen atoms in total. The molecule has 1 aromatic carbocycles. The second-order valence-corrected chi connectivity index (χ2v) is 7.19. The van der Waals surface area contributed by atoms with E-state index in [1.807, 2.05) is 0 Å². The highest BCUT2D eigenvalue weighted by molar-refractivity contribution is 5.34. The van der Waals surface area contributed by atoms with E-state index in [0.717, 1.165) is 19.6 Å². The van der Waals surface area contributed by atoms with Crippen LogP contribution in [0.2, 0.25) is 0 Å². The van der Waals surface area contributed by atoms with Gasteiger partial charge in [0, 0.05) is 32.7 Å². The summed E-state index contributed by atoms with van der Waals surface area (Å²) in [5.41, 5.74) is 3.06. The van der Waals surface area contributed by atoms with Crippen molar-refractivity contribution in [1.82, 2.24) is 5.32 Å². The average Bonchev–Trinajstić information content (AvgIpc) is 2.95. The second-order valence-electron chi connectivity index (χ2n) is 7.19. The van der Waals surface area contributed by atoms with Gasteiger partial charge < -0.3 is 14.8 Å². The van der Waals surface area contributed by atoms with Crippen molar-refractivity contribution in [3.05, 3.63) is 35.4 Å². The van der Waals surface area contributed by atoms with E-state index in [1.54, 1.807) is 7.11 Å². The van der Waals surface area contributed by atoms with Crippen LogP contribution in [-0.4, -0.2) is 32.5 Å². The van der Waals surface area contributed by atoms with Crippen molar-refractivity contribution in [1.29, 1.82) is 0 Å². The van der Waals surface area contributed by atoms with Crippen LogP contribution in [0.4, 0.5) is 0 Å². The van der Waals surface area contributed by atoms with Crippen molar-refractivity contribution < 1.29 is 9.47 Å². The normalized spacial score (nSPS) is 31.1. The predicted molar refractivity (Wildman–Crippen MR) is 84.5 cm³/mol. The van der Waals surface area contributed by atoms with Crippen LogP contribution in [0.1, 0.15) is 43.9 Å². The van der Waals surface area contributed by atoms with E-state index in [9.17, 15) is 0 Å². The van der Waals surface area contributed by atoms with Crippen LogP contribution in [0.5, 0.6) is 0 Å². The Balaban J connectivity index is 1.79. The van der Waals surface area contributed by atoms with Crippen molar-refractivity contribution in [3.8, 4) is 0 Å². The first-order chi connectivity index (χ1) is 10.1. The van der Waals surface area contributed by atoms with Gasteiger partial charge in [0.1, 0.15) is 5.60 Å². The van der Waals surface area contributed by atoms with Crippen molar-refractivity contribution in [2.45, 2.75) is 44.8 Å². The van der Waals surface area contributed by atoms with E-state index in [4.69, 9.17) is 9.47 Å². The Morgan fingerprint density at radius 3 is 2.81 bits per heavy atom. The predicted octanol–water partition coefficient (Wildman–Crippen LogP) is 3.10. The van der Waals surface area contributed by atoms with E-state index in [2.05, 4.69) is 43.4 Å². The number of ether oxygens (including phenoxy) is 2. The molecule has 1 aromatic rings. The average molecular weight is 289 g/mol. The van der Waals surface area contributed by atoms with Crippen LogP contribution in [0.15, 0.2) is 24.3 Å². The number of fused-ring (bicyclic) bond motifs is 1. The zero-order valence-electron chi connectivity index (χ0n) is 13.4. The van der Waals surface area contributed by atoms with E-state index in [1.165, 1.54) is 24.0 Å². The maximum absolute atomic E-state index is 5.76. The lowest BCUT2D eigenvalue weighted by Crippen LogP contribution is -2.48. The van der Waals surface area contributed by atoms with Crippen molar-refractivity contribution in [2.24, 2.45) is 5.41 Å². The molecule has 2 atom stereocenters. The Kier molecular flexibility index (Phi) is 4.08. The zero-order chi connectivity index (χ0) is 14.9. The monoisotopic (exact) mass is 289 g/mol. The van der Waals surface area contributed by atoms with Crippen LogP contribution in [0.3, 0.4) is 0 Å². The summed E-state index contributed by atoms with van der Waals surface area (Å²) < 4.78 is 11.3. The molecule has 2 unspecified atom stereocenters. The summed E-state index contributed by atoms with van der Waals surface area (Å²) in [6, 6.07) is 9.23. The molecule has 0 saturated carbocycles. The van der Waals surface area contributed by atoms with Gasteiger partial charge in [-0.2, -0.15) is 0 Å². The fourth-order valence-corrected chi connectivity index (χ4v) is 3.70. The highest BCUT2D eigenvalue weighted by atomic mass is 16.5. The standard InChI is InChI=1S/C18H27NO2/c1-17(2)9-8-14-6-4-5-7-15(14)16(17)19-12-18(20-3)10-11-21-13-18/h4-7,16,19H,8-13H2,1-3H3. The van der Waals surface area contributed by atoms with Crippen LogP contribution in [0, 0.1) is 5.41 Å². The molecule has 0 bridgehead atoms. The summed E-state index contributed by atoms with van der Waals surface area (Å²) in [5, 5.41) is 3.80. The molecule has 0 aromatic heterocycles.